The van der Waals surface area contributed by atoms with Crippen LogP contribution in [0.4, 0.5) is 0 Å². The van der Waals surface area contributed by atoms with Gasteiger partial charge in [0.1, 0.15) is 0 Å². The number of ketones is 5. The van der Waals surface area contributed by atoms with E-state index in [9.17, 15) is 24.0 Å². The standard InChI is InChI=1S/C45H72O12/c1-7-39(46)18-13-23-44(12-6,24-14-19-40(47)8-2)34-57-38-45(35-54-31-28-51-25-15-20-41(48)9-3,36-55-32-29-52-26-16-21-42(49)10-4)37-56-33-30-53-27-17-22-43(50)11-5/h7-11H,1-5,12-38H2,6H3. The summed E-state index contributed by atoms with van der Waals surface area (Å²) in [5.74, 6) is -0.0901. The number of carbonyl (C=O) groups excluding carboxylic acids is 5. The van der Waals surface area contributed by atoms with Crippen LogP contribution >= 0.6 is 0 Å². The van der Waals surface area contributed by atoms with Crippen LogP contribution in [0.15, 0.2) is 63.3 Å². The van der Waals surface area contributed by atoms with E-state index in [2.05, 4.69) is 39.8 Å². The Kier molecular flexibility index (Phi) is 33.9. The third kappa shape index (κ3) is 29.6. The minimum absolute atomic E-state index is 0.00841. The lowest BCUT2D eigenvalue weighted by atomic mass is 9.76. The SMILES string of the molecule is C=CC(=O)CCCOCCOCC(COCCOCCCC(=O)C=C)(COCCOCCCC(=O)C=C)COCC(CC)(CCCC(=O)C=C)CCCC(=O)C=C. The van der Waals surface area contributed by atoms with Crippen molar-refractivity contribution in [2.75, 3.05) is 92.5 Å². The molecule has 0 aromatic rings. The van der Waals surface area contributed by atoms with Gasteiger partial charge in [-0.05, 0) is 87.2 Å². The molecule has 0 saturated carbocycles. The molecule has 0 aliphatic rings. The van der Waals surface area contributed by atoms with Crippen molar-refractivity contribution in [3.05, 3.63) is 63.3 Å². The van der Waals surface area contributed by atoms with Crippen molar-refractivity contribution in [3.63, 3.8) is 0 Å². The Balaban J connectivity index is 5.88. The van der Waals surface area contributed by atoms with Gasteiger partial charge < -0.3 is 33.2 Å². The Morgan fingerprint density at radius 3 is 0.930 bits per heavy atom. The molecule has 0 unspecified atom stereocenters. The number of carbonyl (C=O) groups is 5. The molecule has 0 aliphatic carbocycles. The van der Waals surface area contributed by atoms with E-state index in [0.717, 1.165) is 19.3 Å². The van der Waals surface area contributed by atoms with Gasteiger partial charge in [0, 0.05) is 51.9 Å². The van der Waals surface area contributed by atoms with Gasteiger partial charge >= 0.3 is 0 Å². The Hall–Kier alpha value is -3.23. The first-order valence-electron chi connectivity index (χ1n) is 20.3. The molecule has 0 aromatic carbocycles. The van der Waals surface area contributed by atoms with Crippen molar-refractivity contribution in [3.8, 4) is 0 Å². The Morgan fingerprint density at radius 2 is 0.632 bits per heavy atom. The van der Waals surface area contributed by atoms with Crippen LogP contribution < -0.4 is 0 Å². The van der Waals surface area contributed by atoms with Gasteiger partial charge in [-0.3, -0.25) is 24.0 Å². The van der Waals surface area contributed by atoms with Gasteiger partial charge in [-0.25, -0.2) is 0 Å². The first-order valence-corrected chi connectivity index (χ1v) is 20.3. The average molecular weight is 805 g/mol. The molecule has 12 heteroatoms. The molecule has 57 heavy (non-hydrogen) atoms. The molecule has 12 nitrogen and oxygen atoms in total. The lowest BCUT2D eigenvalue weighted by Crippen LogP contribution is -2.43. The zero-order valence-corrected chi connectivity index (χ0v) is 34.9. The topological polar surface area (TPSA) is 150 Å². The summed E-state index contributed by atoms with van der Waals surface area (Å²) >= 11 is 0. The Bertz CT molecular complexity index is 1080. The molecule has 0 saturated heterocycles. The van der Waals surface area contributed by atoms with Crippen LogP contribution in [-0.4, -0.2) is 121 Å². The highest BCUT2D eigenvalue weighted by molar-refractivity contribution is 5.90. The predicted octanol–water partition coefficient (Wildman–Crippen LogP) is 6.94. The number of ether oxygens (including phenoxy) is 7. The second kappa shape index (κ2) is 35.9. The lowest BCUT2D eigenvalue weighted by molar-refractivity contribution is -0.127. The fourth-order valence-corrected chi connectivity index (χ4v) is 5.82. The molecule has 0 radical (unpaired) electrons. The fourth-order valence-electron chi connectivity index (χ4n) is 5.82. The van der Waals surface area contributed by atoms with Crippen LogP contribution in [0.3, 0.4) is 0 Å². The lowest BCUT2D eigenvalue weighted by Gasteiger charge is -2.37. The molecule has 0 amide bonds. The summed E-state index contributed by atoms with van der Waals surface area (Å²) in [4.78, 5) is 58.7. The van der Waals surface area contributed by atoms with Gasteiger partial charge in [0.25, 0.3) is 0 Å². The Morgan fingerprint density at radius 1 is 0.368 bits per heavy atom. The summed E-state index contributed by atoms with van der Waals surface area (Å²) in [5, 5.41) is 0. The molecule has 0 rings (SSSR count). The van der Waals surface area contributed by atoms with Crippen LogP contribution in [0, 0.1) is 10.8 Å². The molecule has 0 aromatic heterocycles. The maximum atomic E-state index is 12.1. The second-order valence-corrected chi connectivity index (χ2v) is 14.2. The summed E-state index contributed by atoms with van der Waals surface area (Å²) in [6.07, 6.45) is 13.9. The van der Waals surface area contributed by atoms with Crippen LogP contribution in [0.1, 0.15) is 90.4 Å². The summed E-state index contributed by atoms with van der Waals surface area (Å²) < 4.78 is 42.2. The average Bonchev–Trinajstić information content (AvgIpc) is 3.22. The molecule has 0 atom stereocenters. The summed E-state index contributed by atoms with van der Waals surface area (Å²) in [6.45, 7) is 24.2. The van der Waals surface area contributed by atoms with Crippen molar-refractivity contribution in [2.24, 2.45) is 10.8 Å². The molecule has 0 bridgehead atoms. The summed E-state index contributed by atoms with van der Waals surface area (Å²) in [5.41, 5.74) is -1.03. The van der Waals surface area contributed by atoms with Gasteiger partial charge in [0.2, 0.25) is 0 Å². The molecular formula is C45H72O12. The quantitative estimate of drug-likeness (QED) is 0.0464. The molecule has 0 fully saturated rings. The van der Waals surface area contributed by atoms with Gasteiger partial charge in [-0.2, -0.15) is 0 Å². The molecule has 0 heterocycles. The van der Waals surface area contributed by atoms with Crippen LogP contribution in [0.5, 0.6) is 0 Å². The van der Waals surface area contributed by atoms with E-state index in [1.54, 1.807) is 0 Å². The first-order chi connectivity index (χ1) is 27.5. The third-order valence-corrected chi connectivity index (χ3v) is 9.44. The van der Waals surface area contributed by atoms with Crippen molar-refractivity contribution in [1.82, 2.24) is 0 Å². The highest BCUT2D eigenvalue weighted by atomic mass is 16.6. The molecule has 0 aliphatic heterocycles. The van der Waals surface area contributed by atoms with Gasteiger partial charge in [0.15, 0.2) is 28.9 Å². The van der Waals surface area contributed by atoms with E-state index < -0.39 is 5.41 Å². The number of rotatable bonds is 45. The minimum Gasteiger partial charge on any atom is -0.380 e. The highest BCUT2D eigenvalue weighted by Crippen LogP contribution is 2.36. The molecular weight excluding hydrogens is 732 g/mol. The maximum absolute atomic E-state index is 12.1. The van der Waals surface area contributed by atoms with E-state index in [0.29, 0.717) is 130 Å². The van der Waals surface area contributed by atoms with E-state index in [4.69, 9.17) is 33.2 Å². The van der Waals surface area contributed by atoms with Crippen molar-refractivity contribution in [2.45, 2.75) is 90.4 Å². The van der Waals surface area contributed by atoms with Gasteiger partial charge in [0.05, 0.1) is 78.1 Å². The van der Waals surface area contributed by atoms with Crippen molar-refractivity contribution in [1.29, 1.82) is 0 Å². The predicted molar refractivity (Wildman–Crippen MR) is 222 cm³/mol. The monoisotopic (exact) mass is 805 g/mol. The van der Waals surface area contributed by atoms with Crippen LogP contribution in [0.2, 0.25) is 0 Å². The number of hydrogen-bond donors (Lipinski definition) is 0. The largest absolute Gasteiger partial charge is 0.380 e. The van der Waals surface area contributed by atoms with E-state index in [1.165, 1.54) is 30.4 Å². The smallest absolute Gasteiger partial charge is 0.155 e. The minimum atomic E-state index is -0.750. The van der Waals surface area contributed by atoms with Crippen LogP contribution in [-0.2, 0) is 57.1 Å². The normalized spacial score (nSPS) is 11.5. The second-order valence-electron chi connectivity index (χ2n) is 14.2. The molecule has 0 N–H and O–H groups in total. The maximum Gasteiger partial charge on any atom is 0.155 e. The van der Waals surface area contributed by atoms with Crippen molar-refractivity contribution < 1.29 is 57.1 Å². The van der Waals surface area contributed by atoms with Crippen LogP contribution in [0.25, 0.3) is 0 Å². The molecule has 0 spiro atoms. The first kappa shape index (κ1) is 53.8. The fraction of sp³-hybridized carbons (Fsp3) is 0.667. The zero-order valence-electron chi connectivity index (χ0n) is 34.9. The van der Waals surface area contributed by atoms with E-state index >= 15 is 0 Å². The van der Waals surface area contributed by atoms with Crippen molar-refractivity contribution >= 4 is 28.9 Å². The van der Waals surface area contributed by atoms with Gasteiger partial charge in [-0.15, -0.1) is 0 Å². The number of allylic oxidation sites excluding steroid dienone is 5. The zero-order chi connectivity index (χ0) is 42.5. The molecule has 324 valence electrons. The Labute approximate surface area is 342 Å². The summed E-state index contributed by atoms with van der Waals surface area (Å²) in [6, 6.07) is 0. The summed E-state index contributed by atoms with van der Waals surface area (Å²) in [7, 11) is 0. The third-order valence-electron chi connectivity index (χ3n) is 9.44. The van der Waals surface area contributed by atoms with E-state index in [1.807, 2.05) is 0 Å². The highest BCUT2D eigenvalue weighted by Gasteiger charge is 2.35. The number of hydrogen-bond acceptors (Lipinski definition) is 12. The van der Waals surface area contributed by atoms with Gasteiger partial charge in [-0.1, -0.05) is 39.8 Å². The van der Waals surface area contributed by atoms with E-state index in [-0.39, 0.29) is 60.8 Å².